The van der Waals surface area contributed by atoms with Gasteiger partial charge in [0.1, 0.15) is 6.07 Å². The highest BCUT2D eigenvalue weighted by Gasteiger charge is 2.30. The zero-order valence-electron chi connectivity index (χ0n) is 12.8. The molecule has 0 saturated heterocycles. The average Bonchev–Trinajstić information content (AvgIpc) is 2.52. The van der Waals surface area contributed by atoms with Crippen LogP contribution in [-0.2, 0) is 6.18 Å². The van der Waals surface area contributed by atoms with Gasteiger partial charge >= 0.3 is 12.1 Å². The van der Waals surface area contributed by atoms with Crippen LogP contribution < -0.4 is 0 Å². The van der Waals surface area contributed by atoms with E-state index in [9.17, 15) is 28.3 Å². The molecule has 0 aliphatic carbocycles. The normalized spacial score (nSPS) is 11.4. The Labute approximate surface area is 136 Å². The number of alkyl halides is 3. The summed E-state index contributed by atoms with van der Waals surface area (Å²) in [5, 5.41) is 18.5. The van der Waals surface area contributed by atoms with Crippen LogP contribution in [0.3, 0.4) is 0 Å². The molecule has 0 aliphatic heterocycles. The minimum absolute atomic E-state index is 0.00319. The SMILES string of the molecule is CC(C)c1nc(-c2ccc(C(F)(F)F)cc2)c(C#N)cc1C(=O)O. The van der Waals surface area contributed by atoms with Crippen molar-refractivity contribution in [2.45, 2.75) is 25.9 Å². The number of pyridine rings is 1. The van der Waals surface area contributed by atoms with Gasteiger partial charge in [0.15, 0.2) is 0 Å². The number of carboxylic acid groups (broad SMARTS) is 1. The maximum Gasteiger partial charge on any atom is 0.416 e. The number of aromatic carboxylic acids is 1. The quantitative estimate of drug-likeness (QED) is 0.899. The Morgan fingerprint density at radius 3 is 2.25 bits per heavy atom. The van der Waals surface area contributed by atoms with Gasteiger partial charge in [-0.05, 0) is 24.1 Å². The number of nitriles is 1. The highest BCUT2D eigenvalue weighted by molar-refractivity contribution is 5.90. The number of hydrogen-bond donors (Lipinski definition) is 1. The molecule has 0 atom stereocenters. The van der Waals surface area contributed by atoms with E-state index in [1.165, 1.54) is 18.2 Å². The van der Waals surface area contributed by atoms with E-state index in [1.54, 1.807) is 13.8 Å². The largest absolute Gasteiger partial charge is 0.478 e. The van der Waals surface area contributed by atoms with Crippen LogP contribution in [0, 0.1) is 11.3 Å². The summed E-state index contributed by atoms with van der Waals surface area (Å²) in [5.74, 6) is -1.43. The third kappa shape index (κ3) is 3.38. The van der Waals surface area contributed by atoms with E-state index in [1.807, 2.05) is 6.07 Å². The molecule has 1 N–H and O–H groups in total. The molecule has 7 heteroatoms. The topological polar surface area (TPSA) is 74.0 Å². The summed E-state index contributed by atoms with van der Waals surface area (Å²) in [6.07, 6.45) is -4.46. The summed E-state index contributed by atoms with van der Waals surface area (Å²) in [6.45, 7) is 3.49. The maximum absolute atomic E-state index is 12.6. The number of hydrogen-bond acceptors (Lipinski definition) is 3. The van der Waals surface area contributed by atoms with Crippen molar-refractivity contribution in [3.05, 3.63) is 52.7 Å². The van der Waals surface area contributed by atoms with Crippen molar-refractivity contribution in [1.29, 1.82) is 5.26 Å². The van der Waals surface area contributed by atoms with Gasteiger partial charge in [-0.1, -0.05) is 26.0 Å². The Bertz CT molecular complexity index is 819. The van der Waals surface area contributed by atoms with Crippen molar-refractivity contribution in [2.24, 2.45) is 0 Å². The zero-order chi connectivity index (χ0) is 18.1. The van der Waals surface area contributed by atoms with E-state index in [0.717, 1.165) is 12.1 Å². The van der Waals surface area contributed by atoms with Crippen LogP contribution in [0.1, 0.15) is 46.9 Å². The number of aromatic nitrogens is 1. The first kappa shape index (κ1) is 17.5. The fourth-order valence-electron chi connectivity index (χ4n) is 2.26. The lowest BCUT2D eigenvalue weighted by Crippen LogP contribution is -2.09. The molecule has 4 nitrogen and oxygen atoms in total. The zero-order valence-corrected chi connectivity index (χ0v) is 12.8. The number of halogens is 3. The Kier molecular flexibility index (Phi) is 4.60. The van der Waals surface area contributed by atoms with E-state index in [0.29, 0.717) is 5.56 Å². The van der Waals surface area contributed by atoms with Crippen LogP contribution in [0.15, 0.2) is 30.3 Å². The molecule has 0 spiro atoms. The Balaban J connectivity index is 2.64. The Hall–Kier alpha value is -2.88. The van der Waals surface area contributed by atoms with Crippen molar-refractivity contribution < 1.29 is 23.1 Å². The standard InChI is InChI=1S/C17H13F3N2O2/c1-9(2)14-13(16(23)24)7-11(8-21)15(22-14)10-3-5-12(6-4-10)17(18,19)20/h3-7,9H,1-2H3,(H,23,24). The van der Waals surface area contributed by atoms with Crippen molar-refractivity contribution >= 4 is 5.97 Å². The summed E-state index contributed by atoms with van der Waals surface area (Å²) in [4.78, 5) is 15.6. The first-order valence-electron chi connectivity index (χ1n) is 7.01. The molecule has 0 unspecified atom stereocenters. The summed E-state index contributed by atoms with van der Waals surface area (Å²) in [5.41, 5.74) is -0.139. The molecule has 0 radical (unpaired) electrons. The first-order chi connectivity index (χ1) is 11.1. The van der Waals surface area contributed by atoms with Crippen molar-refractivity contribution in [1.82, 2.24) is 4.98 Å². The Morgan fingerprint density at radius 2 is 1.83 bits per heavy atom. The van der Waals surface area contributed by atoms with Crippen LogP contribution in [0.25, 0.3) is 11.3 Å². The third-order valence-electron chi connectivity index (χ3n) is 3.44. The number of nitrogens with zero attached hydrogens (tertiary/aromatic N) is 2. The van der Waals surface area contributed by atoms with Crippen molar-refractivity contribution in [2.75, 3.05) is 0 Å². The maximum atomic E-state index is 12.6. The van der Waals surface area contributed by atoms with E-state index in [4.69, 9.17) is 0 Å². The molecule has 24 heavy (non-hydrogen) atoms. The second-order valence-electron chi connectivity index (χ2n) is 5.46. The van der Waals surface area contributed by atoms with Crippen LogP contribution >= 0.6 is 0 Å². The predicted molar refractivity (Wildman–Crippen MR) is 80.4 cm³/mol. The molecular weight excluding hydrogens is 321 g/mol. The van der Waals surface area contributed by atoms with Crippen LogP contribution in [0.5, 0.6) is 0 Å². The van der Waals surface area contributed by atoms with Gasteiger partial charge in [-0.2, -0.15) is 18.4 Å². The predicted octanol–water partition coefficient (Wildman–Crippen LogP) is 4.46. The lowest BCUT2D eigenvalue weighted by molar-refractivity contribution is -0.137. The van der Waals surface area contributed by atoms with Gasteiger partial charge in [0.2, 0.25) is 0 Å². The first-order valence-corrected chi connectivity index (χ1v) is 7.01. The van der Waals surface area contributed by atoms with Gasteiger partial charge in [0.25, 0.3) is 0 Å². The molecule has 0 saturated carbocycles. The number of carbonyl (C=O) groups is 1. The monoisotopic (exact) mass is 334 g/mol. The van der Waals surface area contributed by atoms with Gasteiger partial charge in [-0.15, -0.1) is 0 Å². The highest BCUT2D eigenvalue weighted by Crippen LogP contribution is 2.32. The number of rotatable bonds is 3. The van der Waals surface area contributed by atoms with Gasteiger partial charge in [0, 0.05) is 5.56 Å². The molecule has 0 aliphatic rings. The molecule has 0 bridgehead atoms. The Morgan fingerprint density at radius 1 is 1.25 bits per heavy atom. The summed E-state index contributed by atoms with van der Waals surface area (Å²) in [6, 6.07) is 7.30. The van der Waals surface area contributed by atoms with Crippen molar-refractivity contribution in [3.63, 3.8) is 0 Å². The fraction of sp³-hybridized carbons (Fsp3) is 0.235. The molecular formula is C17H13F3N2O2. The van der Waals surface area contributed by atoms with Gasteiger partial charge in [-0.3, -0.25) is 4.98 Å². The van der Waals surface area contributed by atoms with Gasteiger partial charge in [0.05, 0.1) is 28.1 Å². The van der Waals surface area contributed by atoms with Crippen molar-refractivity contribution in [3.8, 4) is 17.3 Å². The number of benzene rings is 1. The molecule has 0 amide bonds. The lowest BCUT2D eigenvalue weighted by atomic mass is 9.97. The summed E-state index contributed by atoms with van der Waals surface area (Å²) < 4.78 is 37.9. The minimum atomic E-state index is -4.46. The second kappa shape index (κ2) is 6.32. The van der Waals surface area contributed by atoms with Crippen LogP contribution in [0.2, 0.25) is 0 Å². The minimum Gasteiger partial charge on any atom is -0.478 e. The van der Waals surface area contributed by atoms with Crippen LogP contribution in [0.4, 0.5) is 13.2 Å². The average molecular weight is 334 g/mol. The van der Waals surface area contributed by atoms with E-state index >= 15 is 0 Å². The van der Waals surface area contributed by atoms with E-state index in [-0.39, 0.29) is 28.4 Å². The molecule has 1 aromatic heterocycles. The molecule has 1 heterocycles. The van der Waals surface area contributed by atoms with Gasteiger partial charge < -0.3 is 5.11 Å². The summed E-state index contributed by atoms with van der Waals surface area (Å²) >= 11 is 0. The van der Waals surface area contributed by atoms with Gasteiger partial charge in [-0.25, -0.2) is 4.79 Å². The molecule has 0 fully saturated rings. The highest BCUT2D eigenvalue weighted by atomic mass is 19.4. The third-order valence-corrected chi connectivity index (χ3v) is 3.44. The molecule has 124 valence electrons. The number of carboxylic acids is 1. The molecule has 2 rings (SSSR count). The lowest BCUT2D eigenvalue weighted by Gasteiger charge is -2.13. The second-order valence-corrected chi connectivity index (χ2v) is 5.46. The fourth-order valence-corrected chi connectivity index (χ4v) is 2.26. The molecule has 2 aromatic rings. The van der Waals surface area contributed by atoms with E-state index in [2.05, 4.69) is 4.98 Å². The van der Waals surface area contributed by atoms with Crippen LogP contribution in [-0.4, -0.2) is 16.1 Å². The molecule has 1 aromatic carbocycles. The smallest absolute Gasteiger partial charge is 0.416 e. The summed E-state index contributed by atoms with van der Waals surface area (Å²) in [7, 11) is 0. The van der Waals surface area contributed by atoms with E-state index < -0.39 is 17.7 Å².